The zero-order valence-electron chi connectivity index (χ0n) is 12.8. The summed E-state index contributed by atoms with van der Waals surface area (Å²) in [5.41, 5.74) is 2.06. The normalized spacial score (nSPS) is 10.9. The van der Waals surface area contributed by atoms with Gasteiger partial charge in [0.15, 0.2) is 11.3 Å². The molecule has 2 aromatic carbocycles. The molecule has 3 aromatic rings. The summed E-state index contributed by atoms with van der Waals surface area (Å²) in [5, 5.41) is 1.14. The molecule has 0 unspecified atom stereocenters. The van der Waals surface area contributed by atoms with Gasteiger partial charge in [0.25, 0.3) is 0 Å². The number of ether oxygens (including phenoxy) is 1. The second-order valence-corrected chi connectivity index (χ2v) is 5.30. The number of hydrogen-bond donors (Lipinski definition) is 0. The molecular weight excluding hydrogens is 302 g/mol. The van der Waals surface area contributed by atoms with E-state index < -0.39 is 0 Å². The first-order chi connectivity index (χ1) is 10.1. The third-order valence-electron chi connectivity index (χ3n) is 3.47. The first-order valence-corrected chi connectivity index (χ1v) is 6.78. The van der Waals surface area contributed by atoms with Gasteiger partial charge in [0.1, 0.15) is 5.58 Å². The van der Waals surface area contributed by atoms with Gasteiger partial charge < -0.3 is 14.1 Å². The highest BCUT2D eigenvalue weighted by Gasteiger charge is 2.15. The molecule has 0 fully saturated rings. The van der Waals surface area contributed by atoms with E-state index in [2.05, 4.69) is 0 Å². The van der Waals surface area contributed by atoms with Crippen LogP contribution in [0, 0.1) is 0 Å². The van der Waals surface area contributed by atoms with Crippen LogP contribution >= 0.6 is 12.4 Å². The van der Waals surface area contributed by atoms with Gasteiger partial charge in [0.05, 0.1) is 17.9 Å². The van der Waals surface area contributed by atoms with E-state index >= 15 is 0 Å². The molecule has 0 aliphatic heterocycles. The minimum absolute atomic E-state index is 0. The fourth-order valence-corrected chi connectivity index (χ4v) is 2.57. The molecule has 5 heteroatoms. The maximum atomic E-state index is 12.6. The van der Waals surface area contributed by atoms with Crippen molar-refractivity contribution in [1.82, 2.24) is 4.90 Å². The Morgan fingerprint density at radius 2 is 1.82 bits per heavy atom. The van der Waals surface area contributed by atoms with Crippen LogP contribution in [0.5, 0.6) is 5.75 Å². The second kappa shape index (κ2) is 6.38. The van der Waals surface area contributed by atoms with E-state index in [9.17, 15) is 4.79 Å². The molecule has 0 spiro atoms. The summed E-state index contributed by atoms with van der Waals surface area (Å²) in [7, 11) is 5.57. The topological polar surface area (TPSA) is 42.7 Å². The van der Waals surface area contributed by atoms with E-state index in [0.717, 1.165) is 12.1 Å². The minimum atomic E-state index is -0.0263. The monoisotopic (exact) mass is 319 g/mol. The van der Waals surface area contributed by atoms with Crippen molar-refractivity contribution in [3.05, 3.63) is 52.2 Å². The molecule has 4 nitrogen and oxygen atoms in total. The Morgan fingerprint density at radius 3 is 2.50 bits per heavy atom. The summed E-state index contributed by atoms with van der Waals surface area (Å²) in [4.78, 5) is 14.6. The maximum absolute atomic E-state index is 12.6. The van der Waals surface area contributed by atoms with Gasteiger partial charge in [-0.1, -0.05) is 18.2 Å². The Labute approximate surface area is 134 Å². The van der Waals surface area contributed by atoms with Crippen LogP contribution in [0.1, 0.15) is 5.56 Å². The largest absolute Gasteiger partial charge is 0.492 e. The number of hydrogen-bond acceptors (Lipinski definition) is 4. The molecule has 0 bridgehead atoms. The fraction of sp³-hybridized carbons (Fsp3) is 0.235. The van der Waals surface area contributed by atoms with Gasteiger partial charge >= 0.3 is 0 Å². The van der Waals surface area contributed by atoms with Gasteiger partial charge in [-0.2, -0.15) is 0 Å². The number of methoxy groups -OCH3 is 1. The predicted molar refractivity (Wildman–Crippen MR) is 91.2 cm³/mol. The zero-order valence-corrected chi connectivity index (χ0v) is 13.6. The molecule has 0 saturated heterocycles. The quantitative estimate of drug-likeness (QED) is 0.694. The number of nitrogens with zero attached hydrogens (tertiary/aromatic N) is 1. The van der Waals surface area contributed by atoms with Crippen LogP contribution < -0.4 is 10.2 Å². The minimum Gasteiger partial charge on any atom is -0.492 e. The lowest BCUT2D eigenvalue weighted by atomic mass is 10.1. The highest BCUT2D eigenvalue weighted by atomic mass is 35.5. The van der Waals surface area contributed by atoms with Crippen molar-refractivity contribution in [3.63, 3.8) is 0 Å². The Morgan fingerprint density at radius 1 is 1.09 bits per heavy atom. The van der Waals surface area contributed by atoms with Gasteiger partial charge in [-0.25, -0.2) is 0 Å². The van der Waals surface area contributed by atoms with Crippen molar-refractivity contribution in [2.24, 2.45) is 0 Å². The Balaban J connectivity index is 0.00000176. The number of rotatable bonds is 3. The van der Waals surface area contributed by atoms with Crippen molar-refractivity contribution in [2.45, 2.75) is 6.54 Å². The van der Waals surface area contributed by atoms with E-state index in [0.29, 0.717) is 27.7 Å². The van der Waals surface area contributed by atoms with Crippen molar-refractivity contribution < 1.29 is 9.15 Å². The summed E-state index contributed by atoms with van der Waals surface area (Å²) in [6.07, 6.45) is 0. The molecule has 0 aliphatic carbocycles. The number of halogens is 1. The Kier molecular flexibility index (Phi) is 4.74. The molecule has 0 atom stereocenters. The lowest BCUT2D eigenvalue weighted by Gasteiger charge is -2.14. The van der Waals surface area contributed by atoms with E-state index in [1.165, 1.54) is 0 Å². The molecule has 0 N–H and O–H groups in total. The lowest BCUT2D eigenvalue weighted by molar-refractivity contribution is 0.371. The third-order valence-corrected chi connectivity index (χ3v) is 3.47. The highest BCUT2D eigenvalue weighted by molar-refractivity contribution is 5.93. The summed E-state index contributed by atoms with van der Waals surface area (Å²) >= 11 is 0. The number of benzene rings is 2. The second-order valence-electron chi connectivity index (χ2n) is 5.30. The summed E-state index contributed by atoms with van der Waals surface area (Å²) in [6, 6.07) is 11.0. The average Bonchev–Trinajstić information content (AvgIpc) is 2.47. The van der Waals surface area contributed by atoms with Crippen molar-refractivity contribution in [2.75, 3.05) is 21.2 Å². The van der Waals surface area contributed by atoms with Crippen LogP contribution in [0.4, 0.5) is 0 Å². The van der Waals surface area contributed by atoms with Crippen LogP contribution in [0.3, 0.4) is 0 Å². The summed E-state index contributed by atoms with van der Waals surface area (Å²) in [6.45, 7) is 0.718. The molecule has 3 rings (SSSR count). The average molecular weight is 320 g/mol. The van der Waals surface area contributed by atoms with Crippen LogP contribution in [0.15, 0.2) is 45.6 Å². The van der Waals surface area contributed by atoms with E-state index in [1.54, 1.807) is 19.2 Å². The Hall–Kier alpha value is -2.04. The van der Waals surface area contributed by atoms with Crippen molar-refractivity contribution in [1.29, 1.82) is 0 Å². The number of para-hydroxylation sites is 1. The molecule has 22 heavy (non-hydrogen) atoms. The molecule has 0 radical (unpaired) electrons. The van der Waals surface area contributed by atoms with Crippen molar-refractivity contribution >= 4 is 34.3 Å². The summed E-state index contributed by atoms with van der Waals surface area (Å²) < 4.78 is 11.4. The first kappa shape index (κ1) is 16.3. The van der Waals surface area contributed by atoms with Gasteiger partial charge in [0, 0.05) is 12.1 Å². The number of fused-ring (bicyclic) bond motifs is 2. The van der Waals surface area contributed by atoms with Gasteiger partial charge in [-0.05, 0) is 32.3 Å². The molecule has 0 amide bonds. The zero-order chi connectivity index (χ0) is 15.0. The maximum Gasteiger partial charge on any atom is 0.200 e. The van der Waals surface area contributed by atoms with Crippen LogP contribution in [-0.4, -0.2) is 26.1 Å². The lowest BCUT2D eigenvalue weighted by Crippen LogP contribution is -2.12. The van der Waals surface area contributed by atoms with Crippen LogP contribution in [0.25, 0.3) is 21.9 Å². The summed E-state index contributed by atoms with van der Waals surface area (Å²) in [5.74, 6) is 0.629. The Bertz CT molecular complexity index is 871. The molecule has 0 saturated carbocycles. The molecule has 1 aromatic heterocycles. The molecule has 1 heterocycles. The molecule has 0 aliphatic rings. The standard InChI is InChI=1S/C17H17NO3.ClH/c1-18(2)10-11-8-9-13-15(19)12-6-4-5-7-14(12)21-17(13)16(11)20-3;/h4-9H,10H2,1-3H3;1H. The van der Waals surface area contributed by atoms with Gasteiger partial charge in [0.2, 0.25) is 5.43 Å². The fourth-order valence-electron chi connectivity index (χ4n) is 2.57. The van der Waals surface area contributed by atoms with Crippen molar-refractivity contribution in [3.8, 4) is 5.75 Å². The van der Waals surface area contributed by atoms with Gasteiger partial charge in [-0.15, -0.1) is 12.4 Å². The van der Waals surface area contributed by atoms with E-state index in [4.69, 9.17) is 9.15 Å². The third kappa shape index (κ3) is 2.67. The van der Waals surface area contributed by atoms with E-state index in [1.807, 2.05) is 43.3 Å². The SMILES string of the molecule is COc1c(CN(C)C)ccc2c(=O)c3ccccc3oc12.Cl. The highest BCUT2D eigenvalue weighted by Crippen LogP contribution is 2.31. The predicted octanol–water partition coefficient (Wildman–Crippen LogP) is 3.44. The van der Waals surface area contributed by atoms with Crippen LogP contribution in [-0.2, 0) is 6.54 Å². The van der Waals surface area contributed by atoms with Crippen LogP contribution in [0.2, 0.25) is 0 Å². The van der Waals surface area contributed by atoms with E-state index in [-0.39, 0.29) is 17.8 Å². The first-order valence-electron chi connectivity index (χ1n) is 6.78. The smallest absolute Gasteiger partial charge is 0.200 e. The molecular formula is C17H18ClNO3. The van der Waals surface area contributed by atoms with Gasteiger partial charge in [-0.3, -0.25) is 4.79 Å². The molecule has 116 valence electrons.